The third-order valence-electron chi connectivity index (χ3n) is 2.78. The van der Waals surface area contributed by atoms with E-state index in [2.05, 4.69) is 20.7 Å². The molecule has 0 saturated carbocycles. The Bertz CT molecular complexity index is 812. The summed E-state index contributed by atoms with van der Waals surface area (Å²) in [6, 6.07) is 6.99. The molecule has 112 valence electrons. The van der Waals surface area contributed by atoms with Gasteiger partial charge in [-0.2, -0.15) is 0 Å². The topological polar surface area (TPSA) is 72.2 Å². The molecule has 2 aromatic carbocycles. The molecule has 21 heavy (non-hydrogen) atoms. The first-order chi connectivity index (χ1) is 9.70. The van der Waals surface area contributed by atoms with Gasteiger partial charge in [0.1, 0.15) is 5.82 Å². The smallest absolute Gasteiger partial charge is 0.262 e. The van der Waals surface area contributed by atoms with Crippen LogP contribution < -0.4 is 10.5 Å². The Balaban J connectivity index is 2.51. The Hall–Kier alpha value is -1.31. The Morgan fingerprint density at radius 2 is 1.95 bits per heavy atom. The van der Waals surface area contributed by atoms with Crippen LogP contribution in [0.4, 0.5) is 15.8 Å². The molecule has 0 radical (unpaired) electrons. The van der Waals surface area contributed by atoms with Gasteiger partial charge in [-0.25, -0.2) is 12.8 Å². The van der Waals surface area contributed by atoms with E-state index in [1.807, 2.05) is 0 Å². The molecular weight excluding hydrogens is 383 g/mol. The lowest BCUT2D eigenvalue weighted by Gasteiger charge is -2.13. The molecule has 0 fully saturated rings. The molecule has 0 aliphatic heterocycles. The summed E-state index contributed by atoms with van der Waals surface area (Å²) in [5, 5.41) is 0.226. The molecule has 3 N–H and O–H groups in total. The maximum atomic E-state index is 13.6. The van der Waals surface area contributed by atoms with Gasteiger partial charge >= 0.3 is 0 Å². The Kier molecular flexibility index (Phi) is 4.46. The van der Waals surface area contributed by atoms with Gasteiger partial charge in [0.2, 0.25) is 0 Å². The van der Waals surface area contributed by atoms with E-state index in [0.717, 1.165) is 6.07 Å². The van der Waals surface area contributed by atoms with Crippen LogP contribution in [0.15, 0.2) is 39.7 Å². The average molecular weight is 394 g/mol. The van der Waals surface area contributed by atoms with Gasteiger partial charge in [-0.15, -0.1) is 0 Å². The highest BCUT2D eigenvalue weighted by Gasteiger charge is 2.21. The lowest BCUT2D eigenvalue weighted by atomic mass is 10.2. The summed E-state index contributed by atoms with van der Waals surface area (Å²) in [4.78, 5) is -0.226. The second-order valence-electron chi connectivity index (χ2n) is 4.36. The fraction of sp³-hybridized carbons (Fsp3) is 0.0769. The van der Waals surface area contributed by atoms with E-state index in [1.54, 1.807) is 6.07 Å². The van der Waals surface area contributed by atoms with Crippen LogP contribution in [0.25, 0.3) is 0 Å². The molecular formula is C13H11BrClFN2O2S. The summed E-state index contributed by atoms with van der Waals surface area (Å²) in [5.74, 6) is -0.685. The molecule has 0 amide bonds. The summed E-state index contributed by atoms with van der Waals surface area (Å²) in [5.41, 5.74) is 5.71. The third-order valence-corrected chi connectivity index (χ3v) is 5.10. The number of hydrogen-bond acceptors (Lipinski definition) is 3. The van der Waals surface area contributed by atoms with Crippen LogP contribution in [0, 0.1) is 12.7 Å². The lowest BCUT2D eigenvalue weighted by molar-refractivity contribution is 0.591. The molecule has 0 aliphatic rings. The van der Waals surface area contributed by atoms with Crippen molar-refractivity contribution >= 4 is 48.9 Å². The number of rotatable bonds is 3. The summed E-state index contributed by atoms with van der Waals surface area (Å²) in [6.07, 6.45) is 0. The van der Waals surface area contributed by atoms with Gasteiger partial charge in [0.15, 0.2) is 0 Å². The Morgan fingerprint density at radius 3 is 2.62 bits per heavy atom. The van der Waals surface area contributed by atoms with E-state index >= 15 is 0 Å². The zero-order valence-corrected chi connectivity index (χ0v) is 14.0. The standard InChI is InChI=1S/C13H11BrClFN2O2S/c1-7-11(16)5-9(17)6-13(7)21(19,20)18-12-4-8(14)2-3-10(12)15/h2-6,18H,17H2,1H3. The average Bonchev–Trinajstić information content (AvgIpc) is 2.37. The van der Waals surface area contributed by atoms with Crippen molar-refractivity contribution in [1.29, 1.82) is 0 Å². The van der Waals surface area contributed by atoms with Gasteiger partial charge in [-0.05, 0) is 37.3 Å². The van der Waals surface area contributed by atoms with Crippen LogP contribution in [-0.4, -0.2) is 8.42 Å². The fourth-order valence-electron chi connectivity index (χ4n) is 1.73. The number of sulfonamides is 1. The summed E-state index contributed by atoms with van der Waals surface area (Å²) in [6.45, 7) is 1.37. The molecule has 0 atom stereocenters. The highest BCUT2D eigenvalue weighted by molar-refractivity contribution is 9.10. The minimum Gasteiger partial charge on any atom is -0.399 e. The van der Waals surface area contributed by atoms with Crippen molar-refractivity contribution < 1.29 is 12.8 Å². The first-order valence-electron chi connectivity index (χ1n) is 5.74. The van der Waals surface area contributed by atoms with E-state index in [-0.39, 0.29) is 26.9 Å². The quantitative estimate of drug-likeness (QED) is 0.776. The van der Waals surface area contributed by atoms with Crippen LogP contribution in [-0.2, 0) is 10.0 Å². The van der Waals surface area contributed by atoms with E-state index in [4.69, 9.17) is 17.3 Å². The molecule has 0 aliphatic carbocycles. The van der Waals surface area contributed by atoms with Crippen molar-refractivity contribution in [2.24, 2.45) is 0 Å². The van der Waals surface area contributed by atoms with Gasteiger partial charge in [0, 0.05) is 15.7 Å². The van der Waals surface area contributed by atoms with Gasteiger partial charge < -0.3 is 5.73 Å². The predicted octanol–water partition coefficient (Wildman–Crippen LogP) is 3.93. The van der Waals surface area contributed by atoms with Crippen molar-refractivity contribution in [3.8, 4) is 0 Å². The molecule has 0 saturated heterocycles. The molecule has 0 aromatic heterocycles. The highest BCUT2D eigenvalue weighted by atomic mass is 79.9. The van der Waals surface area contributed by atoms with Crippen LogP contribution >= 0.6 is 27.5 Å². The Labute approximate surface area is 135 Å². The molecule has 2 rings (SSSR count). The number of benzene rings is 2. The third kappa shape index (κ3) is 3.48. The first-order valence-corrected chi connectivity index (χ1v) is 8.39. The van der Waals surface area contributed by atoms with Gasteiger partial charge in [-0.1, -0.05) is 27.5 Å². The predicted molar refractivity (Wildman–Crippen MR) is 85.5 cm³/mol. The van der Waals surface area contributed by atoms with E-state index in [0.29, 0.717) is 4.47 Å². The molecule has 2 aromatic rings. The summed E-state index contributed by atoms with van der Waals surface area (Å²) in [7, 11) is -4.00. The van der Waals surface area contributed by atoms with Crippen molar-refractivity contribution in [1.82, 2.24) is 0 Å². The SMILES string of the molecule is Cc1c(F)cc(N)cc1S(=O)(=O)Nc1cc(Br)ccc1Cl. The van der Waals surface area contributed by atoms with Crippen LogP contribution in [0.3, 0.4) is 0 Å². The number of hydrogen-bond donors (Lipinski definition) is 2. The van der Waals surface area contributed by atoms with Crippen LogP contribution in [0.5, 0.6) is 0 Å². The van der Waals surface area contributed by atoms with Gasteiger partial charge in [0.25, 0.3) is 10.0 Å². The summed E-state index contributed by atoms with van der Waals surface area (Å²) >= 11 is 9.17. The van der Waals surface area contributed by atoms with Crippen molar-refractivity contribution in [3.63, 3.8) is 0 Å². The second-order valence-corrected chi connectivity index (χ2v) is 7.33. The second kappa shape index (κ2) is 5.82. The molecule has 4 nitrogen and oxygen atoms in total. The number of nitrogen functional groups attached to an aromatic ring is 1. The highest BCUT2D eigenvalue weighted by Crippen LogP contribution is 2.29. The maximum absolute atomic E-state index is 13.6. The number of anilines is 2. The number of halogens is 3. The van der Waals surface area contributed by atoms with E-state index < -0.39 is 15.8 Å². The molecule has 0 unspecified atom stereocenters. The lowest BCUT2D eigenvalue weighted by Crippen LogP contribution is -2.15. The first kappa shape index (κ1) is 16.1. The monoisotopic (exact) mass is 392 g/mol. The number of nitrogens with two attached hydrogens (primary N) is 1. The largest absolute Gasteiger partial charge is 0.399 e. The van der Waals surface area contributed by atoms with Gasteiger partial charge in [0.05, 0.1) is 15.6 Å². The minimum atomic E-state index is -4.00. The van der Waals surface area contributed by atoms with Crippen molar-refractivity contribution in [2.75, 3.05) is 10.5 Å². The molecule has 0 spiro atoms. The maximum Gasteiger partial charge on any atom is 0.262 e. The van der Waals surface area contributed by atoms with Crippen molar-refractivity contribution in [3.05, 3.63) is 51.2 Å². The zero-order chi connectivity index (χ0) is 15.8. The molecule has 0 heterocycles. The molecule has 8 heteroatoms. The fourth-order valence-corrected chi connectivity index (χ4v) is 3.67. The minimum absolute atomic E-state index is 0.0113. The van der Waals surface area contributed by atoms with Crippen LogP contribution in [0.2, 0.25) is 5.02 Å². The van der Waals surface area contributed by atoms with Gasteiger partial charge in [-0.3, -0.25) is 4.72 Å². The van der Waals surface area contributed by atoms with Crippen LogP contribution in [0.1, 0.15) is 5.56 Å². The zero-order valence-electron chi connectivity index (χ0n) is 10.8. The normalized spacial score (nSPS) is 11.4. The number of nitrogens with one attached hydrogen (secondary N) is 1. The van der Waals surface area contributed by atoms with E-state index in [1.165, 1.54) is 25.1 Å². The van der Waals surface area contributed by atoms with E-state index in [9.17, 15) is 12.8 Å². The molecule has 0 bridgehead atoms. The van der Waals surface area contributed by atoms with Crippen molar-refractivity contribution in [2.45, 2.75) is 11.8 Å². The summed E-state index contributed by atoms with van der Waals surface area (Å²) < 4.78 is 41.4. The Morgan fingerprint density at radius 1 is 1.29 bits per heavy atom.